The average Bonchev–Trinajstić information content (AvgIpc) is 2.95. The highest BCUT2D eigenvalue weighted by Crippen LogP contribution is 2.26. The van der Waals surface area contributed by atoms with E-state index in [4.69, 9.17) is 18.9 Å². The third-order valence-electron chi connectivity index (χ3n) is 5.73. The maximum absolute atomic E-state index is 13.1. The Labute approximate surface area is 233 Å². The van der Waals surface area contributed by atoms with Gasteiger partial charge >= 0.3 is 12.1 Å². The summed E-state index contributed by atoms with van der Waals surface area (Å²) in [6.45, 7) is 3.20. The number of aliphatic carboxylic acids is 1. The average molecular weight is 554 g/mol. The van der Waals surface area contributed by atoms with Crippen LogP contribution in [0.3, 0.4) is 0 Å². The molecule has 3 rings (SSSR count). The first kappa shape index (κ1) is 29.9. The van der Waals surface area contributed by atoms with E-state index < -0.39 is 18.2 Å². The Balaban J connectivity index is 1.56. The lowest BCUT2D eigenvalue weighted by atomic mass is 10.1. The molecule has 0 radical (unpaired) electrons. The Morgan fingerprint density at radius 1 is 0.923 bits per heavy atom. The van der Waals surface area contributed by atoms with Gasteiger partial charge in [0.05, 0.1) is 13.7 Å². The molecule has 0 spiro atoms. The zero-order chi connectivity index (χ0) is 27.9. The first-order valence-electron chi connectivity index (χ1n) is 12.8. The molecule has 0 aliphatic heterocycles. The number of para-hydroxylation sites is 2. The monoisotopic (exact) mass is 553 g/mol. The van der Waals surface area contributed by atoms with Crippen molar-refractivity contribution in [3.63, 3.8) is 0 Å². The lowest BCUT2D eigenvalue weighted by Crippen LogP contribution is -2.37. The summed E-state index contributed by atoms with van der Waals surface area (Å²) < 4.78 is 22.1. The predicted octanol–water partition coefficient (Wildman–Crippen LogP) is 5.79. The topological polar surface area (TPSA) is 94.5 Å². The van der Waals surface area contributed by atoms with Crippen molar-refractivity contribution in [2.24, 2.45) is 0 Å². The van der Waals surface area contributed by atoms with E-state index in [0.717, 1.165) is 17.7 Å². The smallest absolute Gasteiger partial charge is 0.415 e. The van der Waals surface area contributed by atoms with Crippen LogP contribution in [0.25, 0.3) is 0 Å². The standard InChI is InChI=1S/C30H35NO7S/c1-3-36-28(29(32)33)22-23-14-16-24(17-15-23)37-20-19-31(18-9-21-39-25-10-5-4-6-11-25)30(34)38-27-13-8-7-12-26(27)35-2/h4-8,10-17,28H,3,9,18-22H2,1-2H3,(H,32,33). The van der Waals surface area contributed by atoms with E-state index in [0.29, 0.717) is 36.9 Å². The number of amides is 1. The second kappa shape index (κ2) is 16.3. The summed E-state index contributed by atoms with van der Waals surface area (Å²) in [5.41, 5.74) is 0.834. The van der Waals surface area contributed by atoms with Crippen LogP contribution >= 0.6 is 11.8 Å². The molecule has 0 aromatic heterocycles. The third-order valence-corrected chi connectivity index (χ3v) is 6.82. The molecule has 0 aliphatic carbocycles. The summed E-state index contributed by atoms with van der Waals surface area (Å²) in [5.74, 6) is 1.33. The fraction of sp³-hybridized carbons (Fsp3) is 0.333. The van der Waals surface area contributed by atoms with E-state index in [1.807, 2.05) is 36.4 Å². The normalized spacial score (nSPS) is 11.4. The first-order chi connectivity index (χ1) is 19.0. The fourth-order valence-electron chi connectivity index (χ4n) is 3.75. The van der Waals surface area contributed by atoms with E-state index in [1.165, 1.54) is 12.0 Å². The van der Waals surface area contributed by atoms with Gasteiger partial charge in [0.2, 0.25) is 0 Å². The zero-order valence-corrected chi connectivity index (χ0v) is 23.1. The number of carboxylic acids is 1. The quantitative estimate of drug-likeness (QED) is 0.176. The number of carbonyl (C=O) groups excluding carboxylic acids is 1. The van der Waals surface area contributed by atoms with Crippen molar-refractivity contribution in [1.82, 2.24) is 4.90 Å². The van der Waals surface area contributed by atoms with Crippen LogP contribution in [0.5, 0.6) is 17.2 Å². The lowest BCUT2D eigenvalue weighted by Gasteiger charge is -2.22. The van der Waals surface area contributed by atoms with Crippen LogP contribution in [0.4, 0.5) is 4.79 Å². The number of ether oxygens (including phenoxy) is 4. The molecule has 1 N–H and O–H groups in total. The van der Waals surface area contributed by atoms with Gasteiger partial charge in [0.1, 0.15) is 12.4 Å². The van der Waals surface area contributed by atoms with Crippen LogP contribution in [-0.2, 0) is 16.0 Å². The van der Waals surface area contributed by atoms with Gasteiger partial charge in [-0.3, -0.25) is 0 Å². The zero-order valence-electron chi connectivity index (χ0n) is 22.3. The molecule has 8 nitrogen and oxygen atoms in total. The van der Waals surface area contributed by atoms with Crippen LogP contribution in [0.2, 0.25) is 0 Å². The van der Waals surface area contributed by atoms with Crippen molar-refractivity contribution in [1.29, 1.82) is 0 Å². The highest BCUT2D eigenvalue weighted by atomic mass is 32.2. The number of rotatable bonds is 16. The second-order valence-corrected chi connectivity index (χ2v) is 9.67. The van der Waals surface area contributed by atoms with Crippen LogP contribution < -0.4 is 14.2 Å². The maximum Gasteiger partial charge on any atom is 0.415 e. The molecule has 0 heterocycles. The molecule has 3 aromatic rings. The molecule has 9 heteroatoms. The van der Waals surface area contributed by atoms with E-state index in [-0.39, 0.29) is 13.0 Å². The van der Waals surface area contributed by atoms with Gasteiger partial charge in [-0.25, -0.2) is 9.59 Å². The van der Waals surface area contributed by atoms with Gasteiger partial charge in [0, 0.05) is 24.5 Å². The molecule has 0 saturated heterocycles. The summed E-state index contributed by atoms with van der Waals surface area (Å²) >= 11 is 1.74. The van der Waals surface area contributed by atoms with Crippen molar-refractivity contribution in [2.75, 3.05) is 39.2 Å². The van der Waals surface area contributed by atoms with E-state index in [1.54, 1.807) is 53.9 Å². The molecule has 0 aliphatic rings. The minimum absolute atomic E-state index is 0.267. The molecule has 1 amide bonds. The largest absolute Gasteiger partial charge is 0.493 e. The van der Waals surface area contributed by atoms with Gasteiger partial charge in [0.15, 0.2) is 17.6 Å². The summed E-state index contributed by atoms with van der Waals surface area (Å²) in [4.78, 5) is 27.2. The molecular formula is C30H35NO7S. The highest BCUT2D eigenvalue weighted by molar-refractivity contribution is 7.99. The maximum atomic E-state index is 13.1. The Kier molecular flexibility index (Phi) is 12.5. The molecule has 208 valence electrons. The van der Waals surface area contributed by atoms with E-state index in [9.17, 15) is 14.7 Å². The molecule has 39 heavy (non-hydrogen) atoms. The van der Waals surface area contributed by atoms with Crippen LogP contribution in [0.15, 0.2) is 83.8 Å². The number of benzene rings is 3. The molecule has 0 saturated carbocycles. The molecular weight excluding hydrogens is 518 g/mol. The molecule has 3 aromatic carbocycles. The number of hydrogen-bond acceptors (Lipinski definition) is 7. The van der Waals surface area contributed by atoms with Crippen molar-refractivity contribution < 1.29 is 33.6 Å². The second-order valence-electron chi connectivity index (χ2n) is 8.50. The van der Waals surface area contributed by atoms with Crippen LogP contribution in [0.1, 0.15) is 18.9 Å². The molecule has 0 bridgehead atoms. The van der Waals surface area contributed by atoms with Crippen LogP contribution in [-0.4, -0.2) is 67.3 Å². The number of thioether (sulfide) groups is 1. The van der Waals surface area contributed by atoms with Gasteiger partial charge in [-0.15, -0.1) is 11.8 Å². The van der Waals surface area contributed by atoms with Gasteiger partial charge in [-0.2, -0.15) is 0 Å². The summed E-state index contributed by atoms with van der Waals surface area (Å²) in [7, 11) is 1.53. The minimum Gasteiger partial charge on any atom is -0.493 e. The Morgan fingerprint density at radius 2 is 1.62 bits per heavy atom. The van der Waals surface area contributed by atoms with E-state index >= 15 is 0 Å². The highest BCUT2D eigenvalue weighted by Gasteiger charge is 2.19. The van der Waals surface area contributed by atoms with Gasteiger partial charge < -0.3 is 29.0 Å². The van der Waals surface area contributed by atoms with Gasteiger partial charge in [0.25, 0.3) is 0 Å². The molecule has 0 fully saturated rings. The summed E-state index contributed by atoms with van der Waals surface area (Å²) in [6, 6.07) is 24.4. The Bertz CT molecular complexity index is 1160. The van der Waals surface area contributed by atoms with Crippen molar-refractivity contribution >= 4 is 23.8 Å². The summed E-state index contributed by atoms with van der Waals surface area (Å²) in [6.07, 6.45) is -0.309. The first-order valence-corrected chi connectivity index (χ1v) is 13.8. The van der Waals surface area contributed by atoms with Gasteiger partial charge in [-0.05, 0) is 61.1 Å². The third kappa shape index (κ3) is 10.2. The number of hydrogen-bond donors (Lipinski definition) is 1. The van der Waals surface area contributed by atoms with E-state index in [2.05, 4.69) is 12.1 Å². The fourth-order valence-corrected chi connectivity index (χ4v) is 4.61. The number of carboxylic acid groups (broad SMARTS) is 1. The van der Waals surface area contributed by atoms with Crippen molar-refractivity contribution in [3.05, 3.63) is 84.4 Å². The van der Waals surface area contributed by atoms with Crippen molar-refractivity contribution in [3.8, 4) is 17.2 Å². The minimum atomic E-state index is -0.987. The Hall–Kier alpha value is -3.69. The van der Waals surface area contributed by atoms with Gasteiger partial charge in [-0.1, -0.05) is 42.5 Å². The molecule has 1 unspecified atom stereocenters. The van der Waals surface area contributed by atoms with Crippen LogP contribution in [0, 0.1) is 0 Å². The number of nitrogens with zero attached hydrogens (tertiary/aromatic N) is 1. The lowest BCUT2D eigenvalue weighted by molar-refractivity contribution is -0.149. The number of methoxy groups -OCH3 is 1. The summed E-state index contributed by atoms with van der Waals surface area (Å²) in [5, 5.41) is 9.29. The molecule has 1 atom stereocenters. The predicted molar refractivity (Wildman–Crippen MR) is 151 cm³/mol. The number of carbonyl (C=O) groups is 2. The SMILES string of the molecule is CCOC(Cc1ccc(OCCN(CCCSc2ccccc2)C(=O)Oc2ccccc2OC)cc1)C(=O)O. The van der Waals surface area contributed by atoms with Crippen molar-refractivity contribution in [2.45, 2.75) is 30.8 Å². The Morgan fingerprint density at radius 3 is 2.28 bits per heavy atom.